The Morgan fingerprint density at radius 3 is 2.57 bits per heavy atom. The van der Waals surface area contributed by atoms with Gasteiger partial charge in [0.2, 0.25) is 0 Å². The number of hydrazine groups is 1. The summed E-state index contributed by atoms with van der Waals surface area (Å²) in [7, 11) is 0. The van der Waals surface area contributed by atoms with Crippen LogP contribution in [0.4, 0.5) is 0 Å². The van der Waals surface area contributed by atoms with E-state index in [0.29, 0.717) is 12.4 Å². The Hall–Kier alpha value is -2.28. The predicted octanol–water partition coefficient (Wildman–Crippen LogP) is 0.765. The summed E-state index contributed by atoms with van der Waals surface area (Å²) in [5, 5.41) is 0.278. The van der Waals surface area contributed by atoms with Gasteiger partial charge >= 0.3 is 11.8 Å². The molecule has 1 aromatic carbocycles. The largest absolute Gasteiger partial charge is 0.492 e. The molecule has 0 saturated carbocycles. The number of primary amides is 1. The molecule has 0 saturated heterocycles. The molecule has 0 bridgehead atoms. The molecule has 114 valence electrons. The fourth-order valence-corrected chi connectivity index (χ4v) is 1.57. The number of amides is 3. The lowest BCUT2D eigenvalue weighted by Gasteiger charge is -2.09. The number of hydrogen-bond acceptors (Lipinski definition) is 4. The lowest BCUT2D eigenvalue weighted by atomic mass is 10.2. The van der Waals surface area contributed by atoms with Gasteiger partial charge in [0.1, 0.15) is 5.75 Å². The van der Waals surface area contributed by atoms with Crippen LogP contribution in [-0.4, -0.2) is 24.3 Å². The Morgan fingerprint density at radius 1 is 1.29 bits per heavy atom. The third-order valence-electron chi connectivity index (χ3n) is 2.46. The monoisotopic (exact) mass is 313 g/mol. The minimum atomic E-state index is -1.20. The molecule has 0 unspecified atom stereocenters. The molecule has 0 radical (unpaired) electrons. The van der Waals surface area contributed by atoms with Gasteiger partial charge in [-0.3, -0.25) is 25.2 Å². The first kappa shape index (κ1) is 16.8. The number of unbranched alkanes of at least 4 members (excludes halogenated alkanes) is 1. The van der Waals surface area contributed by atoms with E-state index in [0.717, 1.165) is 12.8 Å². The number of ether oxygens (including phenoxy) is 1. The third kappa shape index (κ3) is 5.31. The van der Waals surface area contributed by atoms with Crippen LogP contribution in [0, 0.1) is 0 Å². The second-order valence-corrected chi connectivity index (χ2v) is 4.53. The average Bonchev–Trinajstić information content (AvgIpc) is 2.46. The van der Waals surface area contributed by atoms with Crippen molar-refractivity contribution in [2.24, 2.45) is 5.73 Å². The lowest BCUT2D eigenvalue weighted by Crippen LogP contribution is -2.47. The highest BCUT2D eigenvalue weighted by Gasteiger charge is 2.12. The van der Waals surface area contributed by atoms with Crippen LogP contribution >= 0.6 is 11.6 Å². The van der Waals surface area contributed by atoms with Gasteiger partial charge in [0.05, 0.1) is 11.6 Å². The molecule has 0 aliphatic rings. The average molecular weight is 314 g/mol. The van der Waals surface area contributed by atoms with Crippen molar-refractivity contribution in [3.05, 3.63) is 28.8 Å². The van der Waals surface area contributed by atoms with Gasteiger partial charge in [0.15, 0.2) is 0 Å². The third-order valence-corrected chi connectivity index (χ3v) is 2.76. The topological polar surface area (TPSA) is 111 Å². The maximum absolute atomic E-state index is 11.7. The highest BCUT2D eigenvalue weighted by Crippen LogP contribution is 2.25. The molecule has 21 heavy (non-hydrogen) atoms. The molecule has 1 aromatic rings. The molecule has 4 N–H and O–H groups in total. The van der Waals surface area contributed by atoms with Crippen LogP contribution < -0.4 is 21.3 Å². The van der Waals surface area contributed by atoms with E-state index in [4.69, 9.17) is 22.1 Å². The van der Waals surface area contributed by atoms with Gasteiger partial charge in [0, 0.05) is 5.56 Å². The van der Waals surface area contributed by atoms with Gasteiger partial charge in [-0.15, -0.1) is 0 Å². The molecule has 0 fully saturated rings. The zero-order chi connectivity index (χ0) is 15.8. The second kappa shape index (κ2) is 8.11. The smallest absolute Gasteiger partial charge is 0.327 e. The molecule has 1 rings (SSSR count). The van der Waals surface area contributed by atoms with E-state index < -0.39 is 17.7 Å². The number of halogens is 1. The van der Waals surface area contributed by atoms with Crippen LogP contribution in [0.5, 0.6) is 5.75 Å². The fraction of sp³-hybridized carbons (Fsp3) is 0.308. The van der Waals surface area contributed by atoms with Crippen molar-refractivity contribution in [3.8, 4) is 5.75 Å². The highest BCUT2D eigenvalue weighted by atomic mass is 35.5. The summed E-state index contributed by atoms with van der Waals surface area (Å²) in [5.41, 5.74) is 8.83. The van der Waals surface area contributed by atoms with Crippen LogP contribution in [0.3, 0.4) is 0 Å². The highest BCUT2D eigenvalue weighted by molar-refractivity contribution is 6.34. The van der Waals surface area contributed by atoms with E-state index in [1.807, 2.05) is 17.8 Å². The molecule has 7 nitrogen and oxygen atoms in total. The van der Waals surface area contributed by atoms with Crippen LogP contribution in [0.25, 0.3) is 0 Å². The van der Waals surface area contributed by atoms with Crippen LogP contribution in [0.2, 0.25) is 5.02 Å². The molecule has 0 heterocycles. The van der Waals surface area contributed by atoms with E-state index in [2.05, 4.69) is 0 Å². The number of carbonyl (C=O) groups excluding carboxylic acids is 3. The van der Waals surface area contributed by atoms with E-state index in [9.17, 15) is 14.4 Å². The van der Waals surface area contributed by atoms with Crippen LogP contribution in [0.1, 0.15) is 30.1 Å². The summed E-state index contributed by atoms with van der Waals surface area (Å²) in [6.45, 7) is 2.58. The maximum atomic E-state index is 11.7. The maximum Gasteiger partial charge on any atom is 0.327 e. The van der Waals surface area contributed by atoms with Crippen molar-refractivity contribution >= 4 is 29.3 Å². The summed E-state index contributed by atoms with van der Waals surface area (Å²) >= 11 is 6.00. The summed E-state index contributed by atoms with van der Waals surface area (Å²) in [6.07, 6.45) is 1.90. The van der Waals surface area contributed by atoms with Crippen molar-refractivity contribution in [1.82, 2.24) is 10.9 Å². The number of rotatable bonds is 5. The first-order chi connectivity index (χ1) is 9.95. The van der Waals surface area contributed by atoms with E-state index in [1.165, 1.54) is 12.1 Å². The van der Waals surface area contributed by atoms with Crippen molar-refractivity contribution < 1.29 is 19.1 Å². The summed E-state index contributed by atoms with van der Waals surface area (Å²) in [5.74, 6) is -2.48. The zero-order valence-electron chi connectivity index (χ0n) is 11.4. The molecule has 0 spiro atoms. The number of carbonyl (C=O) groups is 3. The van der Waals surface area contributed by atoms with Gasteiger partial charge in [-0.05, 0) is 24.6 Å². The van der Waals surface area contributed by atoms with Gasteiger partial charge in [-0.1, -0.05) is 24.9 Å². The quantitative estimate of drug-likeness (QED) is 0.423. The normalized spacial score (nSPS) is 9.81. The van der Waals surface area contributed by atoms with Crippen LogP contribution in [-0.2, 0) is 9.59 Å². The van der Waals surface area contributed by atoms with Crippen molar-refractivity contribution in [2.45, 2.75) is 19.8 Å². The summed E-state index contributed by atoms with van der Waals surface area (Å²) < 4.78 is 5.45. The zero-order valence-corrected chi connectivity index (χ0v) is 12.2. The number of hydrogen-bond donors (Lipinski definition) is 3. The minimum absolute atomic E-state index is 0.201. The Kier molecular flexibility index (Phi) is 6.48. The Bertz CT molecular complexity index is 548. The molecule has 0 aliphatic heterocycles. The van der Waals surface area contributed by atoms with Crippen molar-refractivity contribution in [3.63, 3.8) is 0 Å². The van der Waals surface area contributed by atoms with Gasteiger partial charge < -0.3 is 10.5 Å². The van der Waals surface area contributed by atoms with E-state index >= 15 is 0 Å². The lowest BCUT2D eigenvalue weighted by molar-refractivity contribution is -0.137. The number of benzene rings is 1. The number of nitrogens with one attached hydrogen (secondary N) is 2. The predicted molar refractivity (Wildman–Crippen MR) is 76.7 cm³/mol. The first-order valence-corrected chi connectivity index (χ1v) is 6.66. The van der Waals surface area contributed by atoms with E-state index in [-0.39, 0.29) is 10.6 Å². The number of nitrogens with two attached hydrogens (primary N) is 1. The molecule has 0 atom stereocenters. The van der Waals surface area contributed by atoms with Gasteiger partial charge in [-0.25, -0.2) is 0 Å². The Morgan fingerprint density at radius 2 is 2.00 bits per heavy atom. The molecular weight excluding hydrogens is 298 g/mol. The van der Waals surface area contributed by atoms with Crippen molar-refractivity contribution in [1.29, 1.82) is 0 Å². The van der Waals surface area contributed by atoms with Gasteiger partial charge in [0.25, 0.3) is 5.91 Å². The standard InChI is InChI=1S/C13H16ClN3O4/c1-2-3-6-21-10-5-4-8(7-9(10)14)12(19)16-17-13(20)11(15)18/h4-5,7H,2-3,6H2,1H3,(H2,15,18)(H,16,19)(H,17,20). The molecule has 0 aromatic heterocycles. The molecular formula is C13H16ClN3O4. The Labute approximate surface area is 126 Å². The molecule has 3 amide bonds. The SMILES string of the molecule is CCCCOc1ccc(C(=O)NNC(=O)C(N)=O)cc1Cl. The molecule has 0 aliphatic carbocycles. The second-order valence-electron chi connectivity index (χ2n) is 4.12. The molecule has 8 heteroatoms. The summed E-state index contributed by atoms with van der Waals surface area (Å²) in [4.78, 5) is 33.1. The van der Waals surface area contributed by atoms with Crippen LogP contribution in [0.15, 0.2) is 18.2 Å². The van der Waals surface area contributed by atoms with Crippen molar-refractivity contribution in [2.75, 3.05) is 6.61 Å². The summed E-state index contributed by atoms with van der Waals surface area (Å²) in [6, 6.07) is 4.44. The van der Waals surface area contributed by atoms with E-state index in [1.54, 1.807) is 6.07 Å². The minimum Gasteiger partial charge on any atom is -0.492 e. The Balaban J connectivity index is 2.63. The first-order valence-electron chi connectivity index (χ1n) is 6.28. The van der Waals surface area contributed by atoms with Gasteiger partial charge in [-0.2, -0.15) is 0 Å². The fourth-order valence-electron chi connectivity index (χ4n) is 1.33.